The van der Waals surface area contributed by atoms with Crippen LogP contribution in [0.5, 0.6) is 0 Å². The third-order valence-corrected chi connectivity index (χ3v) is 1.71. The lowest BCUT2D eigenvalue weighted by molar-refractivity contribution is 0.283. The van der Waals surface area contributed by atoms with Gasteiger partial charge in [0.2, 0.25) is 0 Å². The summed E-state index contributed by atoms with van der Waals surface area (Å²) in [5, 5.41) is 8.52. The van der Waals surface area contributed by atoms with Crippen molar-refractivity contribution in [1.29, 1.82) is 0 Å². The number of unbranched alkanes of at least 4 members (excludes halogenated alkanes) is 3. The topological polar surface area (TPSA) is 20.2 Å². The molecule has 0 spiro atoms. The van der Waals surface area contributed by atoms with E-state index in [2.05, 4.69) is 30.9 Å². The minimum atomic E-state index is 0.312. The van der Waals surface area contributed by atoms with Crippen LogP contribution in [0.25, 0.3) is 0 Å². The minimum Gasteiger partial charge on any atom is -0.396 e. The highest BCUT2D eigenvalue weighted by Crippen LogP contribution is 1.97. The van der Waals surface area contributed by atoms with Crippen molar-refractivity contribution in [3.63, 3.8) is 0 Å². The summed E-state index contributed by atoms with van der Waals surface area (Å²) in [5.74, 6) is 6.22. The largest absolute Gasteiger partial charge is 0.396 e. The Morgan fingerprint density at radius 2 is 1.92 bits per heavy atom. The molecule has 0 aromatic carbocycles. The third-order valence-electron chi connectivity index (χ3n) is 1.71. The van der Waals surface area contributed by atoms with Crippen molar-refractivity contribution in [3.05, 3.63) is 12.2 Å². The SMILES string of the molecule is CCC=CCC#CCCCCCO. The highest BCUT2D eigenvalue weighted by molar-refractivity contribution is 5.04. The van der Waals surface area contributed by atoms with Gasteiger partial charge in [-0.05, 0) is 19.3 Å². The maximum Gasteiger partial charge on any atom is 0.0431 e. The number of aliphatic hydroxyl groups excluding tert-OH is 1. The van der Waals surface area contributed by atoms with Gasteiger partial charge in [-0.25, -0.2) is 0 Å². The van der Waals surface area contributed by atoms with E-state index >= 15 is 0 Å². The van der Waals surface area contributed by atoms with Gasteiger partial charge in [-0.2, -0.15) is 0 Å². The second kappa shape index (κ2) is 11.3. The molecule has 0 bridgehead atoms. The molecule has 0 fully saturated rings. The zero-order chi connectivity index (χ0) is 9.78. The summed E-state index contributed by atoms with van der Waals surface area (Å²) in [7, 11) is 0. The van der Waals surface area contributed by atoms with Gasteiger partial charge in [0.25, 0.3) is 0 Å². The van der Waals surface area contributed by atoms with Crippen LogP contribution in [0.15, 0.2) is 12.2 Å². The summed E-state index contributed by atoms with van der Waals surface area (Å²) in [6.45, 7) is 2.44. The van der Waals surface area contributed by atoms with Crippen molar-refractivity contribution in [2.24, 2.45) is 0 Å². The van der Waals surface area contributed by atoms with Gasteiger partial charge in [0, 0.05) is 19.4 Å². The van der Waals surface area contributed by atoms with Crippen LogP contribution < -0.4 is 0 Å². The fourth-order valence-corrected chi connectivity index (χ4v) is 0.971. The van der Waals surface area contributed by atoms with Gasteiger partial charge in [-0.3, -0.25) is 0 Å². The number of hydrogen-bond acceptors (Lipinski definition) is 1. The van der Waals surface area contributed by atoms with E-state index in [0.29, 0.717) is 6.61 Å². The van der Waals surface area contributed by atoms with Crippen molar-refractivity contribution in [1.82, 2.24) is 0 Å². The van der Waals surface area contributed by atoms with E-state index in [9.17, 15) is 0 Å². The van der Waals surface area contributed by atoms with Crippen molar-refractivity contribution in [3.8, 4) is 11.8 Å². The zero-order valence-electron chi connectivity index (χ0n) is 8.55. The first-order valence-electron chi connectivity index (χ1n) is 5.13. The highest BCUT2D eigenvalue weighted by atomic mass is 16.2. The lowest BCUT2D eigenvalue weighted by atomic mass is 10.2. The molecule has 13 heavy (non-hydrogen) atoms. The predicted octanol–water partition coefficient (Wildman–Crippen LogP) is 2.90. The van der Waals surface area contributed by atoms with Gasteiger partial charge in [0.15, 0.2) is 0 Å². The molecule has 74 valence electrons. The second-order valence-electron chi connectivity index (χ2n) is 2.97. The molecular formula is C12H20O. The molecule has 0 aliphatic heterocycles. The summed E-state index contributed by atoms with van der Waals surface area (Å²) in [6, 6.07) is 0. The molecule has 0 amide bonds. The second-order valence-corrected chi connectivity index (χ2v) is 2.97. The zero-order valence-corrected chi connectivity index (χ0v) is 8.55. The van der Waals surface area contributed by atoms with E-state index in [1.54, 1.807) is 0 Å². The summed E-state index contributed by atoms with van der Waals surface area (Å²) in [6.07, 6.45) is 10.3. The van der Waals surface area contributed by atoms with E-state index in [4.69, 9.17) is 5.11 Å². The summed E-state index contributed by atoms with van der Waals surface area (Å²) < 4.78 is 0. The Balaban J connectivity index is 3.15. The van der Waals surface area contributed by atoms with Gasteiger partial charge >= 0.3 is 0 Å². The molecule has 0 heterocycles. The van der Waals surface area contributed by atoms with E-state index in [1.165, 1.54) is 0 Å². The molecular weight excluding hydrogens is 160 g/mol. The molecule has 0 atom stereocenters. The standard InChI is InChI=1S/C12H20O/c1-2-3-4-5-6-7-8-9-10-11-12-13/h3-4,13H,2,5,8-12H2,1H3. The van der Waals surface area contributed by atoms with E-state index in [-0.39, 0.29) is 0 Å². The van der Waals surface area contributed by atoms with Gasteiger partial charge < -0.3 is 5.11 Å². The van der Waals surface area contributed by atoms with Crippen molar-refractivity contribution in [2.45, 2.75) is 45.4 Å². The minimum absolute atomic E-state index is 0.312. The summed E-state index contributed by atoms with van der Waals surface area (Å²) in [5.41, 5.74) is 0. The van der Waals surface area contributed by atoms with E-state index in [1.807, 2.05) is 0 Å². The molecule has 1 heteroatoms. The van der Waals surface area contributed by atoms with Gasteiger partial charge in [0.05, 0.1) is 0 Å². The van der Waals surface area contributed by atoms with Crippen LogP contribution in [0.1, 0.15) is 45.4 Å². The third kappa shape index (κ3) is 11.3. The molecule has 0 aromatic heterocycles. The van der Waals surface area contributed by atoms with Crippen LogP contribution in [0, 0.1) is 11.8 Å². The van der Waals surface area contributed by atoms with Crippen molar-refractivity contribution < 1.29 is 5.11 Å². The Morgan fingerprint density at radius 1 is 1.08 bits per heavy atom. The quantitative estimate of drug-likeness (QED) is 0.378. The Bertz CT molecular complexity index is 171. The molecule has 0 rings (SSSR count). The Labute approximate surface area is 81.9 Å². The normalized spacial score (nSPS) is 10.0. The first-order valence-corrected chi connectivity index (χ1v) is 5.13. The van der Waals surface area contributed by atoms with Crippen molar-refractivity contribution in [2.75, 3.05) is 6.61 Å². The van der Waals surface area contributed by atoms with Crippen LogP contribution in [-0.2, 0) is 0 Å². The summed E-state index contributed by atoms with van der Waals surface area (Å²) in [4.78, 5) is 0. The average molecular weight is 180 g/mol. The number of aliphatic hydroxyl groups is 1. The summed E-state index contributed by atoms with van der Waals surface area (Å²) >= 11 is 0. The van der Waals surface area contributed by atoms with Crippen LogP contribution in [0.2, 0.25) is 0 Å². The lowest BCUT2D eigenvalue weighted by Crippen LogP contribution is -1.81. The molecule has 1 N–H and O–H groups in total. The Morgan fingerprint density at radius 3 is 2.62 bits per heavy atom. The van der Waals surface area contributed by atoms with E-state index in [0.717, 1.165) is 38.5 Å². The van der Waals surface area contributed by atoms with E-state index < -0.39 is 0 Å². The lowest BCUT2D eigenvalue weighted by Gasteiger charge is -1.91. The van der Waals surface area contributed by atoms with Crippen molar-refractivity contribution >= 4 is 0 Å². The van der Waals surface area contributed by atoms with Crippen LogP contribution in [0.4, 0.5) is 0 Å². The smallest absolute Gasteiger partial charge is 0.0431 e. The maximum absolute atomic E-state index is 8.52. The van der Waals surface area contributed by atoms with Crippen LogP contribution in [-0.4, -0.2) is 11.7 Å². The first-order chi connectivity index (χ1) is 6.41. The predicted molar refractivity (Wildman–Crippen MR) is 57.4 cm³/mol. The molecule has 0 aliphatic rings. The fraction of sp³-hybridized carbons (Fsp3) is 0.667. The molecule has 0 unspecified atom stereocenters. The Hall–Kier alpha value is -0.740. The molecule has 0 saturated heterocycles. The molecule has 0 radical (unpaired) electrons. The number of allylic oxidation sites excluding steroid dienone is 2. The highest BCUT2D eigenvalue weighted by Gasteiger charge is 1.83. The molecule has 1 nitrogen and oxygen atoms in total. The number of rotatable bonds is 6. The average Bonchev–Trinajstić information content (AvgIpc) is 2.16. The first kappa shape index (κ1) is 12.3. The van der Waals surface area contributed by atoms with Gasteiger partial charge in [-0.15, -0.1) is 5.92 Å². The van der Waals surface area contributed by atoms with Gasteiger partial charge in [-0.1, -0.05) is 31.4 Å². The molecule has 0 aromatic rings. The monoisotopic (exact) mass is 180 g/mol. The Kier molecular flexibility index (Phi) is 10.6. The van der Waals surface area contributed by atoms with Gasteiger partial charge in [0.1, 0.15) is 0 Å². The maximum atomic E-state index is 8.52. The molecule has 0 aliphatic carbocycles. The molecule has 0 saturated carbocycles. The van der Waals surface area contributed by atoms with Crippen LogP contribution >= 0.6 is 0 Å². The fourth-order valence-electron chi connectivity index (χ4n) is 0.971. The van der Waals surface area contributed by atoms with Crippen LogP contribution in [0.3, 0.4) is 0 Å². The number of hydrogen-bond donors (Lipinski definition) is 1.